The van der Waals surface area contributed by atoms with Gasteiger partial charge in [0.2, 0.25) is 0 Å². The van der Waals surface area contributed by atoms with E-state index in [4.69, 9.17) is 33.4 Å². The van der Waals surface area contributed by atoms with Crippen LogP contribution in [0.4, 0.5) is 0 Å². The van der Waals surface area contributed by atoms with Crippen LogP contribution in [0.2, 0.25) is 0 Å². The van der Waals surface area contributed by atoms with E-state index in [9.17, 15) is 0 Å². The van der Waals surface area contributed by atoms with Crippen LogP contribution in [-0.2, 0) is 0 Å². The van der Waals surface area contributed by atoms with Gasteiger partial charge in [0.05, 0.1) is 0 Å². The van der Waals surface area contributed by atoms with Crippen molar-refractivity contribution >= 4 is 29.9 Å². The molecule has 4 aromatic rings. The molecular weight excluding hydrogens is 444 g/mol. The first-order valence-electron chi connectivity index (χ1n) is 10.3. The first-order chi connectivity index (χ1) is 15.8. The largest absolute Gasteiger partial charge is 0.384 e. The lowest BCUT2D eigenvalue weighted by atomic mass is 9.92. The van der Waals surface area contributed by atoms with Crippen molar-refractivity contribution in [1.29, 1.82) is 16.2 Å². The van der Waals surface area contributed by atoms with Crippen molar-refractivity contribution in [1.82, 2.24) is 0 Å². The molecule has 0 radical (unpaired) electrons. The standard InChI is InChI=1S/C27H24N6.ClH/c28-25(29)19-7-1-16(2-8-19)22-13-23(17-3-9-20(10-4-17)26(30)31)15-24(14-22)18-5-11-21(12-6-18)27(32)33;/h1-15H,(H3,28,29)(H3,30,31)(H3,32,33);1H. The van der Waals surface area contributed by atoms with Gasteiger partial charge in [-0.2, -0.15) is 0 Å². The number of hydrogen-bond acceptors (Lipinski definition) is 3. The monoisotopic (exact) mass is 468 g/mol. The Morgan fingerprint density at radius 2 is 0.588 bits per heavy atom. The van der Waals surface area contributed by atoms with E-state index in [0.29, 0.717) is 16.7 Å². The summed E-state index contributed by atoms with van der Waals surface area (Å²) in [6.07, 6.45) is 0. The molecule has 34 heavy (non-hydrogen) atoms. The van der Waals surface area contributed by atoms with Crippen LogP contribution in [0.15, 0.2) is 91.0 Å². The maximum absolute atomic E-state index is 7.63. The van der Waals surface area contributed by atoms with Crippen LogP contribution in [0.5, 0.6) is 0 Å². The molecule has 4 aromatic carbocycles. The molecule has 9 N–H and O–H groups in total. The molecule has 0 aromatic heterocycles. The van der Waals surface area contributed by atoms with Crippen LogP contribution >= 0.6 is 12.4 Å². The van der Waals surface area contributed by atoms with Crippen LogP contribution in [-0.4, -0.2) is 17.5 Å². The summed E-state index contributed by atoms with van der Waals surface area (Å²) in [5.74, 6) is 0.103. The third-order valence-electron chi connectivity index (χ3n) is 5.52. The summed E-state index contributed by atoms with van der Waals surface area (Å²) in [4.78, 5) is 0. The van der Waals surface area contributed by atoms with Gasteiger partial charge in [0.1, 0.15) is 17.5 Å². The van der Waals surface area contributed by atoms with Crippen molar-refractivity contribution in [3.63, 3.8) is 0 Å². The molecule has 0 spiro atoms. The van der Waals surface area contributed by atoms with E-state index >= 15 is 0 Å². The highest BCUT2D eigenvalue weighted by molar-refractivity contribution is 5.97. The minimum Gasteiger partial charge on any atom is -0.384 e. The molecule has 0 atom stereocenters. The van der Waals surface area contributed by atoms with E-state index in [2.05, 4.69) is 18.2 Å². The van der Waals surface area contributed by atoms with Gasteiger partial charge in [-0.1, -0.05) is 72.8 Å². The smallest absolute Gasteiger partial charge is 0.122 e. The zero-order chi connectivity index (χ0) is 23.5. The Morgan fingerprint density at radius 3 is 0.765 bits per heavy atom. The highest BCUT2D eigenvalue weighted by Gasteiger charge is 2.09. The van der Waals surface area contributed by atoms with Crippen molar-refractivity contribution < 1.29 is 0 Å². The highest BCUT2D eigenvalue weighted by atomic mass is 35.5. The Kier molecular flexibility index (Phi) is 7.14. The van der Waals surface area contributed by atoms with E-state index < -0.39 is 0 Å². The molecule has 0 aliphatic heterocycles. The van der Waals surface area contributed by atoms with Gasteiger partial charge >= 0.3 is 0 Å². The van der Waals surface area contributed by atoms with Gasteiger partial charge in [0.25, 0.3) is 0 Å². The Labute approximate surface area is 204 Å². The van der Waals surface area contributed by atoms with Crippen LogP contribution < -0.4 is 17.2 Å². The fourth-order valence-corrected chi connectivity index (χ4v) is 3.65. The lowest BCUT2D eigenvalue weighted by Gasteiger charge is -2.12. The zero-order valence-corrected chi connectivity index (χ0v) is 19.1. The van der Waals surface area contributed by atoms with E-state index in [1.165, 1.54) is 0 Å². The van der Waals surface area contributed by atoms with Crippen LogP contribution in [0.25, 0.3) is 33.4 Å². The molecule has 0 aliphatic carbocycles. The molecule has 0 bridgehead atoms. The van der Waals surface area contributed by atoms with E-state index in [1.807, 2.05) is 72.8 Å². The lowest BCUT2D eigenvalue weighted by Crippen LogP contribution is -2.10. The Balaban J connectivity index is 0.00000324. The van der Waals surface area contributed by atoms with Gasteiger partial charge in [0, 0.05) is 16.7 Å². The summed E-state index contributed by atoms with van der Waals surface area (Å²) in [5.41, 5.74) is 24.9. The number of rotatable bonds is 6. The van der Waals surface area contributed by atoms with Crippen LogP contribution in [0, 0.1) is 16.2 Å². The van der Waals surface area contributed by atoms with Gasteiger partial charge in [0.15, 0.2) is 0 Å². The molecule has 0 heterocycles. The van der Waals surface area contributed by atoms with Crippen molar-refractivity contribution in [3.05, 3.63) is 108 Å². The van der Waals surface area contributed by atoms with Gasteiger partial charge < -0.3 is 17.2 Å². The molecule has 6 nitrogen and oxygen atoms in total. The van der Waals surface area contributed by atoms with Crippen molar-refractivity contribution in [3.8, 4) is 33.4 Å². The molecular formula is C27H25ClN6. The third-order valence-corrected chi connectivity index (χ3v) is 5.52. The average molecular weight is 469 g/mol. The highest BCUT2D eigenvalue weighted by Crippen LogP contribution is 2.33. The maximum Gasteiger partial charge on any atom is 0.122 e. The number of hydrogen-bond donors (Lipinski definition) is 6. The predicted molar refractivity (Wildman–Crippen MR) is 143 cm³/mol. The topological polar surface area (TPSA) is 150 Å². The van der Waals surface area contributed by atoms with Gasteiger partial charge in [-0.25, -0.2) is 0 Å². The molecule has 0 saturated heterocycles. The maximum atomic E-state index is 7.63. The number of halogens is 1. The van der Waals surface area contributed by atoms with Crippen molar-refractivity contribution in [2.24, 2.45) is 17.2 Å². The number of nitrogens with two attached hydrogens (primary N) is 3. The molecule has 0 aliphatic rings. The predicted octanol–water partition coefficient (Wildman–Crippen LogP) is 4.96. The fraction of sp³-hybridized carbons (Fsp3) is 0. The molecule has 4 rings (SSSR count). The first kappa shape index (κ1) is 24.2. The lowest BCUT2D eigenvalue weighted by molar-refractivity contribution is 1.42. The SMILES string of the molecule is Cl.N=C(N)c1ccc(-c2cc(-c3ccc(C(=N)N)cc3)cc(-c3ccc(C(=N)N)cc3)c2)cc1. The normalized spacial score (nSPS) is 10.2. The van der Waals surface area contributed by atoms with Gasteiger partial charge in [-0.3, -0.25) is 16.2 Å². The van der Waals surface area contributed by atoms with Crippen molar-refractivity contribution in [2.45, 2.75) is 0 Å². The molecule has 0 amide bonds. The quantitative estimate of drug-likeness (QED) is 0.175. The molecule has 0 fully saturated rings. The van der Waals surface area contributed by atoms with E-state index in [0.717, 1.165) is 33.4 Å². The second-order valence-corrected chi connectivity index (χ2v) is 7.77. The van der Waals surface area contributed by atoms with E-state index in [1.54, 1.807) is 0 Å². The minimum absolute atomic E-state index is 0. The summed E-state index contributed by atoms with van der Waals surface area (Å²) in [6.45, 7) is 0. The molecule has 0 saturated carbocycles. The second kappa shape index (κ2) is 10.0. The molecule has 0 unspecified atom stereocenters. The van der Waals surface area contributed by atoms with Gasteiger partial charge in [-0.05, 0) is 51.6 Å². The minimum atomic E-state index is 0. The summed E-state index contributed by atoms with van der Waals surface area (Å²) < 4.78 is 0. The number of nitrogen functional groups attached to an aromatic ring is 3. The molecule has 7 heteroatoms. The van der Waals surface area contributed by atoms with E-state index in [-0.39, 0.29) is 29.9 Å². The van der Waals surface area contributed by atoms with Crippen LogP contribution in [0.3, 0.4) is 0 Å². The Morgan fingerprint density at radius 1 is 0.382 bits per heavy atom. The van der Waals surface area contributed by atoms with Crippen LogP contribution in [0.1, 0.15) is 16.7 Å². The Hall–Kier alpha value is -4.42. The van der Waals surface area contributed by atoms with Crippen molar-refractivity contribution in [2.75, 3.05) is 0 Å². The van der Waals surface area contributed by atoms with Gasteiger partial charge in [-0.15, -0.1) is 12.4 Å². The number of benzene rings is 4. The summed E-state index contributed by atoms with van der Waals surface area (Å²) in [6, 6.07) is 29.1. The number of amidine groups is 3. The summed E-state index contributed by atoms with van der Waals surface area (Å²) in [5, 5.41) is 22.9. The third kappa shape index (κ3) is 5.14. The summed E-state index contributed by atoms with van der Waals surface area (Å²) in [7, 11) is 0. The second-order valence-electron chi connectivity index (χ2n) is 7.77. The molecule has 170 valence electrons. The first-order valence-corrected chi connectivity index (χ1v) is 10.3. The fourth-order valence-electron chi connectivity index (χ4n) is 3.65. The summed E-state index contributed by atoms with van der Waals surface area (Å²) >= 11 is 0. The average Bonchev–Trinajstić information content (AvgIpc) is 2.84. The number of nitrogens with one attached hydrogen (secondary N) is 3. The Bertz CT molecular complexity index is 1180. The zero-order valence-electron chi connectivity index (χ0n) is 18.3.